The number of hydrogen-bond donors (Lipinski definition) is 1. The van der Waals surface area contributed by atoms with E-state index in [0.29, 0.717) is 11.3 Å². The first kappa shape index (κ1) is 13.9. The molecule has 0 saturated carbocycles. The summed E-state index contributed by atoms with van der Waals surface area (Å²) in [5, 5.41) is 13.7. The average molecular weight is 278 g/mol. The van der Waals surface area contributed by atoms with Crippen molar-refractivity contribution in [2.24, 2.45) is 0 Å². The summed E-state index contributed by atoms with van der Waals surface area (Å²) in [6, 6.07) is 7.77. The van der Waals surface area contributed by atoms with Gasteiger partial charge in [-0.2, -0.15) is 0 Å². The molecule has 0 aromatic heterocycles. The lowest BCUT2D eigenvalue weighted by Crippen LogP contribution is -2.03. The second-order valence-electron chi connectivity index (χ2n) is 4.41. The summed E-state index contributed by atoms with van der Waals surface area (Å²) in [7, 11) is 0. The first-order valence-electron chi connectivity index (χ1n) is 5.89. The Balaban J connectivity index is 2.22. The third-order valence-electron chi connectivity index (χ3n) is 2.75. The van der Waals surface area contributed by atoms with Crippen LogP contribution in [-0.4, -0.2) is 4.92 Å². The van der Waals surface area contributed by atoms with Crippen LogP contribution in [0.5, 0.6) is 0 Å². The number of rotatable bonds is 4. The van der Waals surface area contributed by atoms with Crippen molar-refractivity contribution in [3.63, 3.8) is 0 Å². The average Bonchev–Trinajstić information content (AvgIpc) is 2.35. The van der Waals surface area contributed by atoms with Crippen LogP contribution in [0.3, 0.4) is 0 Å². The Bertz CT molecular complexity index is 639. The lowest BCUT2D eigenvalue weighted by Gasteiger charge is -2.08. The number of nitrogens with zero attached hydrogens (tertiary/aromatic N) is 1. The lowest BCUT2D eigenvalue weighted by molar-refractivity contribution is -0.384. The lowest BCUT2D eigenvalue weighted by atomic mass is 10.1. The van der Waals surface area contributed by atoms with Crippen molar-refractivity contribution in [2.75, 3.05) is 5.32 Å². The van der Waals surface area contributed by atoms with Crippen molar-refractivity contribution in [3.8, 4) is 0 Å². The van der Waals surface area contributed by atoms with Gasteiger partial charge in [-0.25, -0.2) is 8.78 Å². The molecule has 104 valence electrons. The van der Waals surface area contributed by atoms with Gasteiger partial charge in [0.15, 0.2) is 0 Å². The maximum Gasteiger partial charge on any atom is 0.292 e. The summed E-state index contributed by atoms with van der Waals surface area (Å²) in [6.45, 7) is 1.90. The van der Waals surface area contributed by atoms with Crippen molar-refractivity contribution in [1.29, 1.82) is 0 Å². The molecule has 2 aromatic carbocycles. The molecule has 0 fully saturated rings. The highest BCUT2D eigenvalue weighted by Gasteiger charge is 2.13. The predicted octanol–water partition coefficient (Wildman–Crippen LogP) is 3.79. The smallest absolute Gasteiger partial charge is 0.292 e. The zero-order chi connectivity index (χ0) is 14.7. The maximum atomic E-state index is 13.0. The quantitative estimate of drug-likeness (QED) is 0.683. The highest BCUT2D eigenvalue weighted by atomic mass is 19.1. The molecule has 6 heteroatoms. The molecule has 0 heterocycles. The van der Waals surface area contributed by atoms with Crippen molar-refractivity contribution in [3.05, 3.63) is 69.3 Å². The zero-order valence-electron chi connectivity index (χ0n) is 10.7. The van der Waals surface area contributed by atoms with Crippen LogP contribution in [-0.2, 0) is 6.54 Å². The van der Waals surface area contributed by atoms with Gasteiger partial charge < -0.3 is 5.32 Å². The Morgan fingerprint density at radius 1 is 1.15 bits per heavy atom. The van der Waals surface area contributed by atoms with Crippen molar-refractivity contribution in [2.45, 2.75) is 13.5 Å². The summed E-state index contributed by atoms with van der Waals surface area (Å²) in [4.78, 5) is 10.4. The summed E-state index contributed by atoms with van der Waals surface area (Å²) in [6.07, 6.45) is 0. The molecule has 1 N–H and O–H groups in total. The van der Waals surface area contributed by atoms with Crippen LogP contribution >= 0.6 is 0 Å². The minimum atomic E-state index is -0.680. The molecule has 0 saturated heterocycles. The number of hydrogen-bond acceptors (Lipinski definition) is 3. The van der Waals surface area contributed by atoms with Gasteiger partial charge in [0.25, 0.3) is 5.69 Å². The molecule has 2 rings (SSSR count). The number of nitro benzene ring substituents is 1. The van der Waals surface area contributed by atoms with E-state index in [1.165, 1.54) is 18.2 Å². The molecular weight excluding hydrogens is 266 g/mol. The molecular formula is C14H12F2N2O2. The van der Waals surface area contributed by atoms with E-state index in [9.17, 15) is 18.9 Å². The molecule has 0 atom stereocenters. The fourth-order valence-corrected chi connectivity index (χ4v) is 1.86. The van der Waals surface area contributed by atoms with E-state index in [4.69, 9.17) is 0 Å². The van der Waals surface area contributed by atoms with Crippen molar-refractivity contribution >= 4 is 11.4 Å². The van der Waals surface area contributed by atoms with Gasteiger partial charge in [0.2, 0.25) is 0 Å². The highest BCUT2D eigenvalue weighted by Crippen LogP contribution is 2.25. The number of anilines is 1. The molecule has 2 aromatic rings. The molecule has 0 aliphatic rings. The van der Waals surface area contributed by atoms with Gasteiger partial charge >= 0.3 is 0 Å². The summed E-state index contributed by atoms with van der Waals surface area (Å²) in [5.74, 6) is -1.36. The predicted molar refractivity (Wildman–Crippen MR) is 71.5 cm³/mol. The van der Waals surface area contributed by atoms with Crippen LogP contribution in [0.25, 0.3) is 0 Å². The largest absolute Gasteiger partial charge is 0.375 e. The van der Waals surface area contributed by atoms with E-state index in [0.717, 1.165) is 11.6 Å². The fourth-order valence-electron chi connectivity index (χ4n) is 1.86. The van der Waals surface area contributed by atoms with Gasteiger partial charge in [-0.1, -0.05) is 6.07 Å². The van der Waals surface area contributed by atoms with E-state index in [2.05, 4.69) is 5.32 Å². The van der Waals surface area contributed by atoms with Gasteiger partial charge in [-0.05, 0) is 36.2 Å². The second kappa shape index (κ2) is 5.64. The third-order valence-corrected chi connectivity index (χ3v) is 2.75. The number of nitro groups is 1. The van der Waals surface area contributed by atoms with E-state index >= 15 is 0 Å². The Morgan fingerprint density at radius 2 is 1.80 bits per heavy atom. The number of nitrogens with one attached hydrogen (secondary N) is 1. The molecule has 0 bridgehead atoms. The molecule has 20 heavy (non-hydrogen) atoms. The summed E-state index contributed by atoms with van der Waals surface area (Å²) < 4.78 is 26.1. The minimum absolute atomic E-state index is 0.0764. The number of benzene rings is 2. The fraction of sp³-hybridized carbons (Fsp3) is 0.143. The SMILES string of the molecule is Cc1ccc([N+](=O)[O-])c(NCc2cc(F)cc(F)c2)c1. The molecule has 4 nitrogen and oxygen atoms in total. The Labute approximate surface area is 114 Å². The first-order valence-corrected chi connectivity index (χ1v) is 5.89. The molecule has 0 spiro atoms. The van der Waals surface area contributed by atoms with Gasteiger partial charge in [0.05, 0.1) is 4.92 Å². The van der Waals surface area contributed by atoms with Gasteiger partial charge in [0.1, 0.15) is 17.3 Å². The normalized spacial score (nSPS) is 10.3. The van der Waals surface area contributed by atoms with Crippen molar-refractivity contribution in [1.82, 2.24) is 0 Å². The Hall–Kier alpha value is -2.50. The topological polar surface area (TPSA) is 55.2 Å². The Kier molecular flexibility index (Phi) is 3.93. The molecule has 0 unspecified atom stereocenters. The van der Waals surface area contributed by atoms with Gasteiger partial charge in [-0.15, -0.1) is 0 Å². The van der Waals surface area contributed by atoms with Crippen LogP contribution in [0.15, 0.2) is 36.4 Å². The van der Waals surface area contributed by atoms with Crippen LogP contribution in [0, 0.1) is 28.7 Å². The molecule has 0 radical (unpaired) electrons. The molecule has 0 aliphatic carbocycles. The first-order chi connectivity index (χ1) is 9.45. The monoisotopic (exact) mass is 278 g/mol. The molecule has 0 amide bonds. The Morgan fingerprint density at radius 3 is 2.40 bits per heavy atom. The summed E-state index contributed by atoms with van der Waals surface area (Å²) in [5.41, 5.74) is 1.47. The van der Waals surface area contributed by atoms with Crippen molar-refractivity contribution < 1.29 is 13.7 Å². The summed E-state index contributed by atoms with van der Waals surface area (Å²) >= 11 is 0. The van der Waals surface area contributed by atoms with Gasteiger partial charge in [0, 0.05) is 18.7 Å². The third kappa shape index (κ3) is 3.28. The van der Waals surface area contributed by atoms with Gasteiger partial charge in [-0.3, -0.25) is 10.1 Å². The minimum Gasteiger partial charge on any atom is -0.375 e. The van der Waals surface area contributed by atoms with Crippen LogP contribution < -0.4 is 5.32 Å². The van der Waals surface area contributed by atoms with Crippen LogP contribution in [0.4, 0.5) is 20.2 Å². The van der Waals surface area contributed by atoms with E-state index in [1.807, 2.05) is 0 Å². The zero-order valence-corrected chi connectivity index (χ0v) is 10.7. The van der Waals surface area contributed by atoms with E-state index in [1.54, 1.807) is 19.1 Å². The second-order valence-corrected chi connectivity index (χ2v) is 4.41. The van der Waals surface area contributed by atoms with E-state index < -0.39 is 16.6 Å². The molecule has 0 aliphatic heterocycles. The van der Waals surface area contributed by atoms with Crippen LogP contribution in [0.1, 0.15) is 11.1 Å². The van der Waals surface area contributed by atoms with Crippen LogP contribution in [0.2, 0.25) is 0 Å². The maximum absolute atomic E-state index is 13.0. The number of halogens is 2. The highest BCUT2D eigenvalue weighted by molar-refractivity contribution is 5.62. The van der Waals surface area contributed by atoms with E-state index in [-0.39, 0.29) is 12.2 Å². The number of aryl methyl sites for hydroxylation is 1. The standard InChI is InChI=1S/C14H12F2N2O2/c1-9-2-3-14(18(19)20)13(4-9)17-8-10-5-11(15)7-12(16)6-10/h2-7,17H,8H2,1H3.